The van der Waals surface area contributed by atoms with E-state index in [-0.39, 0.29) is 12.0 Å². The van der Waals surface area contributed by atoms with Crippen molar-refractivity contribution >= 4 is 21.7 Å². The monoisotopic (exact) mass is 468 g/mol. The number of sulfone groups is 1. The summed E-state index contributed by atoms with van der Waals surface area (Å²) in [6, 6.07) is 3.83. The van der Waals surface area contributed by atoms with Crippen LogP contribution in [0, 0.1) is 0 Å². The van der Waals surface area contributed by atoms with Crippen LogP contribution in [-0.2, 0) is 35.5 Å². The van der Waals surface area contributed by atoms with Crippen LogP contribution in [0.25, 0.3) is 0 Å². The maximum atomic E-state index is 12.0. The molecule has 0 saturated carbocycles. The molecule has 3 rings (SSSR count). The van der Waals surface area contributed by atoms with Gasteiger partial charge in [-0.05, 0) is 18.1 Å². The molecule has 0 aromatic carbocycles. The Balaban J connectivity index is 0.000000423. The Morgan fingerprint density at radius 3 is 2.65 bits per heavy atom. The Hall–Kier alpha value is -2.25. The Bertz CT molecular complexity index is 880. The minimum Gasteiger partial charge on any atom is -0.475 e. The van der Waals surface area contributed by atoms with E-state index in [0.29, 0.717) is 26.3 Å². The van der Waals surface area contributed by atoms with Crippen molar-refractivity contribution in [1.82, 2.24) is 9.88 Å². The van der Waals surface area contributed by atoms with Gasteiger partial charge < -0.3 is 19.5 Å². The summed E-state index contributed by atoms with van der Waals surface area (Å²) in [5.41, 5.74) is 0.613. The number of carbonyl (C=O) groups is 2. The van der Waals surface area contributed by atoms with Gasteiger partial charge in [0.25, 0.3) is 0 Å². The number of nitrogens with zero attached hydrogens (tertiary/aromatic N) is 2. The number of pyridine rings is 1. The van der Waals surface area contributed by atoms with Crippen molar-refractivity contribution < 1.29 is 45.8 Å². The second-order valence-corrected chi connectivity index (χ2v) is 9.57. The van der Waals surface area contributed by atoms with Crippen LogP contribution >= 0.6 is 0 Å². The van der Waals surface area contributed by atoms with E-state index in [1.165, 1.54) is 0 Å². The van der Waals surface area contributed by atoms with E-state index in [4.69, 9.17) is 19.4 Å². The molecule has 1 aromatic rings. The first-order valence-electron chi connectivity index (χ1n) is 9.20. The summed E-state index contributed by atoms with van der Waals surface area (Å²) in [7, 11) is -3.31. The molecule has 0 radical (unpaired) electrons. The number of rotatable bonds is 5. The van der Waals surface area contributed by atoms with E-state index in [0.717, 1.165) is 24.7 Å². The lowest BCUT2D eigenvalue weighted by Gasteiger charge is -2.23. The van der Waals surface area contributed by atoms with Gasteiger partial charge in [0.2, 0.25) is 5.91 Å². The second-order valence-electron chi connectivity index (χ2n) is 7.43. The van der Waals surface area contributed by atoms with Crippen LogP contribution in [0.15, 0.2) is 24.5 Å². The highest BCUT2D eigenvalue weighted by Crippen LogP contribution is 2.36. The molecule has 0 aliphatic carbocycles. The summed E-state index contributed by atoms with van der Waals surface area (Å²) < 4.78 is 66.1. The lowest BCUT2D eigenvalue weighted by atomic mass is 9.98. The molecule has 174 valence electrons. The highest BCUT2D eigenvalue weighted by atomic mass is 32.2. The largest absolute Gasteiger partial charge is 0.490 e. The number of hydrogen-bond acceptors (Lipinski definition) is 7. The van der Waals surface area contributed by atoms with Gasteiger partial charge in [-0.15, -0.1) is 0 Å². The summed E-state index contributed by atoms with van der Waals surface area (Å²) >= 11 is 0. The van der Waals surface area contributed by atoms with Gasteiger partial charge in [-0.1, -0.05) is 6.07 Å². The van der Waals surface area contributed by atoms with Crippen LogP contribution in [0.4, 0.5) is 13.2 Å². The fraction of sp³-hybridized carbons (Fsp3) is 0.611. The van der Waals surface area contributed by atoms with Gasteiger partial charge in [-0.3, -0.25) is 9.78 Å². The van der Waals surface area contributed by atoms with Gasteiger partial charge in [0.05, 0.1) is 24.9 Å². The lowest BCUT2D eigenvalue weighted by molar-refractivity contribution is -0.192. The third-order valence-electron chi connectivity index (χ3n) is 4.68. The first-order chi connectivity index (χ1) is 14.3. The van der Waals surface area contributed by atoms with Crippen molar-refractivity contribution in [2.24, 2.45) is 0 Å². The van der Waals surface area contributed by atoms with Gasteiger partial charge in [0.1, 0.15) is 5.75 Å². The molecule has 1 amide bonds. The number of aliphatic carboxylic acids is 1. The summed E-state index contributed by atoms with van der Waals surface area (Å²) in [6.07, 6.45) is 0.899. The number of carboxylic acids is 1. The number of halogens is 3. The second kappa shape index (κ2) is 9.92. The van der Waals surface area contributed by atoms with Crippen molar-refractivity contribution in [2.75, 3.05) is 31.7 Å². The maximum Gasteiger partial charge on any atom is 0.490 e. The van der Waals surface area contributed by atoms with E-state index in [2.05, 4.69) is 4.98 Å². The molecule has 31 heavy (non-hydrogen) atoms. The number of carboxylic acid groups (broad SMARTS) is 1. The minimum atomic E-state index is -5.08. The number of ether oxygens (including phenoxy) is 2. The zero-order valence-electron chi connectivity index (χ0n) is 16.7. The molecule has 2 saturated heterocycles. The van der Waals surface area contributed by atoms with E-state index in [1.54, 1.807) is 17.3 Å². The number of hydrogen-bond donors (Lipinski definition) is 1. The molecule has 2 aliphatic heterocycles. The predicted molar refractivity (Wildman–Crippen MR) is 101 cm³/mol. The predicted octanol–water partition coefficient (Wildman–Crippen LogP) is 1.04. The Morgan fingerprint density at radius 2 is 2.10 bits per heavy atom. The first kappa shape index (κ1) is 25.0. The van der Waals surface area contributed by atoms with Crippen molar-refractivity contribution in [3.05, 3.63) is 30.1 Å². The molecule has 13 heteroatoms. The minimum absolute atomic E-state index is 0.0184. The highest BCUT2D eigenvalue weighted by molar-refractivity contribution is 7.91. The van der Waals surface area contributed by atoms with E-state index >= 15 is 0 Å². The number of alkyl halides is 3. The quantitative estimate of drug-likeness (QED) is 0.680. The zero-order chi connectivity index (χ0) is 23.3. The molecule has 2 fully saturated rings. The molecule has 0 bridgehead atoms. The number of aromatic nitrogens is 1. The third kappa shape index (κ3) is 8.07. The van der Waals surface area contributed by atoms with Crippen molar-refractivity contribution in [2.45, 2.75) is 37.3 Å². The lowest BCUT2D eigenvalue weighted by Crippen LogP contribution is -2.38. The Morgan fingerprint density at radius 1 is 1.42 bits per heavy atom. The SMILES string of the molecule is CS(=O)(=O)CC(=O)N1CC[C@]2(C[C@H](OCc3cccnc3)CO2)C1.O=C(O)C(F)(F)F. The fourth-order valence-electron chi connectivity index (χ4n) is 3.26. The van der Waals surface area contributed by atoms with E-state index < -0.39 is 33.3 Å². The van der Waals surface area contributed by atoms with Crippen LogP contribution in [0.5, 0.6) is 0 Å². The standard InChI is InChI=1S/C16H22N2O5S.C2HF3O2/c1-24(20,21)11-15(19)18-6-4-16(12-18)7-14(10-23-16)22-9-13-3-2-5-17-8-13;3-2(4,5)1(6)7/h2-3,5,8,14H,4,6-7,9-12H2,1H3;(H,6,7)/t14-,16-;/m0./s1. The zero-order valence-corrected chi connectivity index (χ0v) is 17.5. The molecule has 2 aliphatic rings. The first-order valence-corrected chi connectivity index (χ1v) is 11.3. The van der Waals surface area contributed by atoms with Gasteiger partial charge in [-0.2, -0.15) is 13.2 Å². The van der Waals surface area contributed by atoms with Crippen LogP contribution in [-0.4, -0.2) is 84.9 Å². The third-order valence-corrected chi connectivity index (χ3v) is 5.45. The molecule has 3 heterocycles. The molecular weight excluding hydrogens is 445 g/mol. The molecular formula is C18H23F3N2O7S. The molecule has 2 atom stereocenters. The van der Waals surface area contributed by atoms with Gasteiger partial charge in [0.15, 0.2) is 9.84 Å². The molecule has 0 unspecified atom stereocenters. The van der Waals surface area contributed by atoms with Gasteiger partial charge in [0, 0.05) is 38.2 Å². The van der Waals surface area contributed by atoms with Crippen LogP contribution in [0.1, 0.15) is 18.4 Å². The fourth-order valence-corrected chi connectivity index (χ4v) is 3.90. The molecule has 1 spiro atoms. The average Bonchev–Trinajstić information content (AvgIpc) is 3.26. The number of carbonyl (C=O) groups excluding carboxylic acids is 1. The molecule has 1 aromatic heterocycles. The highest BCUT2D eigenvalue weighted by Gasteiger charge is 2.47. The van der Waals surface area contributed by atoms with E-state index in [9.17, 15) is 26.4 Å². The number of amides is 1. The molecule has 9 nitrogen and oxygen atoms in total. The van der Waals surface area contributed by atoms with Crippen molar-refractivity contribution in [1.29, 1.82) is 0 Å². The topological polar surface area (TPSA) is 123 Å². The molecule has 1 N–H and O–H groups in total. The van der Waals surface area contributed by atoms with Crippen LogP contribution in [0.3, 0.4) is 0 Å². The smallest absolute Gasteiger partial charge is 0.475 e. The normalized spacial score (nSPS) is 23.5. The summed E-state index contributed by atoms with van der Waals surface area (Å²) in [6.45, 7) is 1.95. The Kier molecular flexibility index (Phi) is 8.00. The summed E-state index contributed by atoms with van der Waals surface area (Å²) in [5, 5.41) is 7.12. The Labute approximate surface area is 177 Å². The van der Waals surface area contributed by atoms with Crippen LogP contribution < -0.4 is 0 Å². The van der Waals surface area contributed by atoms with Crippen molar-refractivity contribution in [3.63, 3.8) is 0 Å². The maximum absolute atomic E-state index is 12.0. The van der Waals surface area contributed by atoms with E-state index in [1.807, 2.05) is 12.1 Å². The van der Waals surface area contributed by atoms with Crippen LogP contribution in [0.2, 0.25) is 0 Å². The average molecular weight is 468 g/mol. The van der Waals surface area contributed by atoms with Crippen molar-refractivity contribution in [3.8, 4) is 0 Å². The van der Waals surface area contributed by atoms with Gasteiger partial charge in [-0.25, -0.2) is 13.2 Å². The number of likely N-dealkylation sites (tertiary alicyclic amines) is 1. The van der Waals surface area contributed by atoms with Gasteiger partial charge >= 0.3 is 12.1 Å². The summed E-state index contributed by atoms with van der Waals surface area (Å²) in [4.78, 5) is 26.6. The summed E-state index contributed by atoms with van der Waals surface area (Å²) in [5.74, 6) is -3.55.